The Morgan fingerprint density at radius 2 is 1.52 bits per heavy atom. The van der Waals surface area contributed by atoms with Crippen LogP contribution in [0.2, 0.25) is 0 Å². The summed E-state index contributed by atoms with van der Waals surface area (Å²) in [5.41, 5.74) is 2.17. The van der Waals surface area contributed by atoms with Crippen molar-refractivity contribution in [2.24, 2.45) is 0 Å². The van der Waals surface area contributed by atoms with Crippen molar-refractivity contribution >= 4 is 30.9 Å². The molecule has 2 aromatic carbocycles. The summed E-state index contributed by atoms with van der Waals surface area (Å²) in [5.74, 6) is -0.449. The molecule has 126 valence electrons. The molecule has 2 aromatic rings. The number of rotatable bonds is 3. The average Bonchev–Trinajstić information content (AvgIpc) is 2.64. The van der Waals surface area contributed by atoms with Crippen LogP contribution in [0.3, 0.4) is 0 Å². The number of nitrogens with one attached hydrogen (secondary N) is 1. The Morgan fingerprint density at radius 1 is 0.920 bits per heavy atom. The minimum Gasteiger partial charge on any atom is -0.508 e. The fraction of sp³-hybridized carbons (Fsp3) is 0.222. The zero-order chi connectivity index (χ0) is 17.8. The molecule has 0 unspecified atom stereocenters. The first kappa shape index (κ1) is 16.9. The van der Waals surface area contributed by atoms with Crippen LogP contribution in [0.1, 0.15) is 10.4 Å². The zero-order valence-electron chi connectivity index (χ0n) is 13.7. The van der Waals surface area contributed by atoms with Gasteiger partial charge in [0.2, 0.25) is 7.85 Å². The van der Waals surface area contributed by atoms with Crippen LogP contribution in [0.5, 0.6) is 5.75 Å². The summed E-state index contributed by atoms with van der Waals surface area (Å²) in [6, 6.07) is 13.6. The standard InChI is InChI=1S/C18H18BN3O3/c19-18(25)22-11-9-21(10-12-22)15-5-1-13(2-6-15)17(24)20-14-3-7-16(23)8-4-14/h1-8,23H,9-12H2,(H,20,24). The Morgan fingerprint density at radius 3 is 2.08 bits per heavy atom. The lowest BCUT2D eigenvalue weighted by Crippen LogP contribution is -2.48. The second-order valence-corrected chi connectivity index (χ2v) is 5.86. The number of phenols is 1. The normalized spacial score (nSPS) is 14.2. The van der Waals surface area contributed by atoms with Crippen molar-refractivity contribution in [3.8, 4) is 5.75 Å². The van der Waals surface area contributed by atoms with Gasteiger partial charge in [-0.3, -0.25) is 9.59 Å². The van der Waals surface area contributed by atoms with Gasteiger partial charge >= 0.3 is 0 Å². The molecule has 0 aliphatic carbocycles. The van der Waals surface area contributed by atoms with E-state index in [1.165, 1.54) is 12.1 Å². The molecule has 1 aliphatic heterocycles. The molecule has 1 heterocycles. The summed E-state index contributed by atoms with van der Waals surface area (Å²) >= 11 is 0. The van der Waals surface area contributed by atoms with Gasteiger partial charge in [-0.2, -0.15) is 0 Å². The topological polar surface area (TPSA) is 72.9 Å². The van der Waals surface area contributed by atoms with E-state index in [0.29, 0.717) is 37.4 Å². The average molecular weight is 335 g/mol. The van der Waals surface area contributed by atoms with E-state index in [0.717, 1.165) is 5.69 Å². The van der Waals surface area contributed by atoms with Crippen molar-refractivity contribution in [2.75, 3.05) is 36.4 Å². The molecule has 1 aliphatic rings. The highest BCUT2D eigenvalue weighted by molar-refractivity contribution is 6.56. The van der Waals surface area contributed by atoms with E-state index in [4.69, 9.17) is 7.85 Å². The largest absolute Gasteiger partial charge is 0.508 e. The molecule has 3 rings (SSSR count). The van der Waals surface area contributed by atoms with Crippen molar-refractivity contribution in [1.82, 2.24) is 4.90 Å². The van der Waals surface area contributed by atoms with E-state index >= 15 is 0 Å². The number of nitrogens with zero attached hydrogens (tertiary/aromatic N) is 2. The molecule has 2 radical (unpaired) electrons. The van der Waals surface area contributed by atoms with Crippen LogP contribution >= 0.6 is 0 Å². The van der Waals surface area contributed by atoms with E-state index in [1.807, 2.05) is 12.1 Å². The number of hydrogen-bond donors (Lipinski definition) is 2. The molecule has 6 nitrogen and oxygen atoms in total. The summed E-state index contributed by atoms with van der Waals surface area (Å²) < 4.78 is 0. The fourth-order valence-corrected chi connectivity index (χ4v) is 2.76. The van der Waals surface area contributed by atoms with Crippen LogP contribution in [0.4, 0.5) is 16.2 Å². The molecule has 1 saturated heterocycles. The third kappa shape index (κ3) is 4.12. The summed E-state index contributed by atoms with van der Waals surface area (Å²) in [6.07, 6.45) is 0. The number of hydrogen-bond acceptors (Lipinski definition) is 4. The van der Waals surface area contributed by atoms with Crippen LogP contribution in [0.15, 0.2) is 48.5 Å². The second-order valence-electron chi connectivity index (χ2n) is 5.86. The van der Waals surface area contributed by atoms with Crippen molar-refractivity contribution in [3.63, 3.8) is 0 Å². The number of aromatic hydroxyl groups is 1. The quantitative estimate of drug-likeness (QED) is 0.665. The second kappa shape index (κ2) is 7.30. The molecule has 25 heavy (non-hydrogen) atoms. The zero-order valence-corrected chi connectivity index (χ0v) is 13.7. The maximum atomic E-state index is 12.3. The molecule has 0 saturated carbocycles. The minimum atomic E-state index is -0.388. The molecule has 0 spiro atoms. The summed E-state index contributed by atoms with van der Waals surface area (Å²) in [7, 11) is 5.29. The van der Waals surface area contributed by atoms with Gasteiger partial charge in [-0.1, -0.05) is 0 Å². The molecule has 0 aromatic heterocycles. The maximum Gasteiger partial charge on any atom is 0.255 e. The molecule has 7 heteroatoms. The number of piperazine rings is 1. The van der Waals surface area contributed by atoms with Gasteiger partial charge in [-0.15, -0.1) is 0 Å². The Hall–Kier alpha value is -2.96. The van der Waals surface area contributed by atoms with Crippen molar-refractivity contribution in [1.29, 1.82) is 0 Å². The fourth-order valence-electron chi connectivity index (χ4n) is 2.76. The van der Waals surface area contributed by atoms with Gasteiger partial charge in [0, 0.05) is 43.1 Å². The molecule has 2 N–H and O–H groups in total. The predicted octanol–water partition coefficient (Wildman–Crippen LogP) is 2.05. The number of carbonyl (C=O) groups excluding carboxylic acids is 2. The highest BCUT2D eigenvalue weighted by Gasteiger charge is 2.18. The van der Waals surface area contributed by atoms with Gasteiger partial charge in [-0.05, 0) is 48.5 Å². The first-order chi connectivity index (χ1) is 12.0. The van der Waals surface area contributed by atoms with E-state index in [2.05, 4.69) is 10.2 Å². The number of amides is 2. The third-order valence-corrected chi connectivity index (χ3v) is 4.21. The molecular weight excluding hydrogens is 317 g/mol. The Labute approximate surface area is 147 Å². The van der Waals surface area contributed by atoms with Gasteiger partial charge < -0.3 is 20.2 Å². The molecule has 0 bridgehead atoms. The van der Waals surface area contributed by atoms with E-state index in [1.54, 1.807) is 29.2 Å². The van der Waals surface area contributed by atoms with Crippen molar-refractivity contribution in [2.45, 2.75) is 0 Å². The highest BCUT2D eigenvalue weighted by Crippen LogP contribution is 2.19. The first-order valence-electron chi connectivity index (χ1n) is 8.03. The van der Waals surface area contributed by atoms with Crippen LogP contribution in [-0.2, 0) is 0 Å². The number of benzene rings is 2. The van der Waals surface area contributed by atoms with Gasteiger partial charge in [0.05, 0.1) is 0 Å². The van der Waals surface area contributed by atoms with E-state index in [-0.39, 0.29) is 17.5 Å². The third-order valence-electron chi connectivity index (χ3n) is 4.21. The lowest BCUT2D eigenvalue weighted by atomic mass is 10.1. The summed E-state index contributed by atoms with van der Waals surface area (Å²) in [4.78, 5) is 27.2. The number of phenolic OH excluding ortho intramolecular Hbond substituents is 1. The van der Waals surface area contributed by atoms with Crippen LogP contribution in [0.25, 0.3) is 0 Å². The van der Waals surface area contributed by atoms with Crippen LogP contribution < -0.4 is 10.2 Å². The lowest BCUT2D eigenvalue weighted by Gasteiger charge is -2.36. The minimum absolute atomic E-state index is 0.152. The van der Waals surface area contributed by atoms with Crippen LogP contribution in [-0.4, -0.2) is 55.7 Å². The number of carbonyl (C=O) groups is 2. The molecule has 0 atom stereocenters. The van der Waals surface area contributed by atoms with Gasteiger partial charge in [0.1, 0.15) is 5.75 Å². The Kier molecular flexibility index (Phi) is 4.93. The van der Waals surface area contributed by atoms with E-state index in [9.17, 15) is 14.7 Å². The maximum absolute atomic E-state index is 12.3. The first-order valence-corrected chi connectivity index (χ1v) is 8.03. The van der Waals surface area contributed by atoms with E-state index < -0.39 is 0 Å². The Balaban J connectivity index is 1.61. The Bertz CT molecular complexity index is 754. The SMILES string of the molecule is [B]C(=O)N1CCN(c2ccc(C(=O)Nc3ccc(O)cc3)cc2)CC1. The smallest absolute Gasteiger partial charge is 0.255 e. The summed E-state index contributed by atoms with van der Waals surface area (Å²) in [5, 5.41) is 12.0. The van der Waals surface area contributed by atoms with Crippen molar-refractivity contribution in [3.05, 3.63) is 54.1 Å². The van der Waals surface area contributed by atoms with Gasteiger partial charge in [0.15, 0.2) is 5.81 Å². The molecule has 2 amide bonds. The molecular formula is C18H18BN3O3. The van der Waals surface area contributed by atoms with Gasteiger partial charge in [-0.25, -0.2) is 0 Å². The highest BCUT2D eigenvalue weighted by atomic mass is 16.3. The number of anilines is 2. The van der Waals surface area contributed by atoms with Gasteiger partial charge in [0.25, 0.3) is 5.91 Å². The molecule has 1 fully saturated rings. The monoisotopic (exact) mass is 335 g/mol. The predicted molar refractivity (Wildman–Crippen MR) is 97.4 cm³/mol. The lowest BCUT2D eigenvalue weighted by molar-refractivity contribution is 0.102. The van der Waals surface area contributed by atoms with Crippen molar-refractivity contribution < 1.29 is 14.7 Å². The van der Waals surface area contributed by atoms with Crippen LogP contribution in [0, 0.1) is 0 Å². The summed E-state index contributed by atoms with van der Waals surface area (Å²) in [6.45, 7) is 2.61.